The fraction of sp³-hybridized carbons (Fsp3) is 0.421. The molecule has 0 atom stereocenters. The van der Waals surface area contributed by atoms with E-state index in [1.807, 2.05) is 35.2 Å². The number of benzene rings is 1. The largest absolute Gasteiger partial charge is 0.432 e. The van der Waals surface area contributed by atoms with Gasteiger partial charge in [0.1, 0.15) is 0 Å². The van der Waals surface area contributed by atoms with Crippen LogP contribution in [0.2, 0.25) is 0 Å². The molecule has 2 fully saturated rings. The normalized spacial score (nSPS) is 18.2. The molecule has 1 saturated heterocycles. The van der Waals surface area contributed by atoms with E-state index in [2.05, 4.69) is 10.3 Å². The van der Waals surface area contributed by atoms with Gasteiger partial charge in [-0.05, 0) is 31.1 Å². The van der Waals surface area contributed by atoms with E-state index in [1.54, 1.807) is 0 Å². The predicted molar refractivity (Wildman–Crippen MR) is 91.8 cm³/mol. The number of likely N-dealkylation sites (tertiary alicyclic amines) is 1. The second-order valence-electron chi connectivity index (χ2n) is 6.96. The molecule has 0 radical (unpaired) electrons. The minimum absolute atomic E-state index is 0.0190. The zero-order valence-corrected chi connectivity index (χ0v) is 14.0. The van der Waals surface area contributed by atoms with Crippen molar-refractivity contribution in [3.05, 3.63) is 42.4 Å². The minimum Gasteiger partial charge on any atom is -0.432 e. The van der Waals surface area contributed by atoms with Crippen molar-refractivity contribution in [2.24, 2.45) is 5.41 Å². The third kappa shape index (κ3) is 3.43. The molecule has 0 unspecified atom stereocenters. The molecule has 2 aromatic rings. The van der Waals surface area contributed by atoms with E-state index in [1.165, 1.54) is 19.0 Å². The average molecular weight is 339 g/mol. The summed E-state index contributed by atoms with van der Waals surface area (Å²) < 4.78 is 5.50. The third-order valence-corrected chi connectivity index (χ3v) is 5.29. The first kappa shape index (κ1) is 15.9. The maximum absolute atomic E-state index is 12.3. The summed E-state index contributed by atoms with van der Waals surface area (Å²) in [7, 11) is 0. The van der Waals surface area contributed by atoms with Crippen molar-refractivity contribution in [2.75, 3.05) is 19.6 Å². The molecule has 1 saturated carbocycles. The highest BCUT2D eigenvalue weighted by Gasteiger charge is 2.45. The zero-order valence-electron chi connectivity index (χ0n) is 14.0. The number of piperidine rings is 1. The van der Waals surface area contributed by atoms with E-state index in [0.717, 1.165) is 31.5 Å². The molecular weight excluding hydrogens is 318 g/mol. The molecule has 1 N–H and O–H groups in total. The Bertz CT molecular complexity index is 770. The summed E-state index contributed by atoms with van der Waals surface area (Å²) in [4.78, 5) is 30.3. The Hall–Kier alpha value is -2.63. The van der Waals surface area contributed by atoms with Gasteiger partial charge in [0.15, 0.2) is 5.76 Å². The molecule has 1 spiro atoms. The van der Waals surface area contributed by atoms with Crippen LogP contribution in [0, 0.1) is 5.41 Å². The fourth-order valence-electron chi connectivity index (χ4n) is 3.37. The van der Waals surface area contributed by atoms with Crippen LogP contribution in [0.4, 0.5) is 0 Å². The first-order valence-corrected chi connectivity index (χ1v) is 8.73. The van der Waals surface area contributed by atoms with Crippen molar-refractivity contribution in [3.63, 3.8) is 0 Å². The summed E-state index contributed by atoms with van der Waals surface area (Å²) in [5.41, 5.74) is 1.39. The summed E-state index contributed by atoms with van der Waals surface area (Å²) in [6.45, 7) is 1.58. The number of rotatable bonds is 4. The van der Waals surface area contributed by atoms with Gasteiger partial charge in [-0.15, -0.1) is 0 Å². The van der Waals surface area contributed by atoms with Crippen LogP contribution in [0.5, 0.6) is 0 Å². The van der Waals surface area contributed by atoms with Crippen LogP contribution < -0.4 is 5.32 Å². The summed E-state index contributed by atoms with van der Waals surface area (Å²) in [6, 6.07) is 9.45. The number of oxazole rings is 1. The van der Waals surface area contributed by atoms with Gasteiger partial charge in [0.25, 0.3) is 5.89 Å². The average Bonchev–Trinajstić information content (AvgIpc) is 3.22. The molecular formula is C19H21N3O3. The van der Waals surface area contributed by atoms with E-state index in [4.69, 9.17) is 4.42 Å². The quantitative estimate of drug-likeness (QED) is 0.928. The lowest BCUT2D eigenvalue weighted by Crippen LogP contribution is -2.44. The summed E-state index contributed by atoms with van der Waals surface area (Å²) in [6.07, 6.45) is 6.31. The predicted octanol–water partition coefficient (Wildman–Crippen LogP) is 2.47. The molecule has 1 aliphatic heterocycles. The Morgan fingerprint density at radius 3 is 2.52 bits per heavy atom. The number of nitrogens with zero attached hydrogens (tertiary/aromatic N) is 2. The van der Waals surface area contributed by atoms with Crippen molar-refractivity contribution in [3.8, 4) is 11.3 Å². The Kier molecular flexibility index (Phi) is 4.03. The summed E-state index contributed by atoms with van der Waals surface area (Å²) >= 11 is 0. The van der Waals surface area contributed by atoms with Gasteiger partial charge < -0.3 is 14.6 Å². The highest BCUT2D eigenvalue weighted by molar-refractivity contribution is 5.93. The molecule has 1 aromatic carbocycles. The molecule has 25 heavy (non-hydrogen) atoms. The monoisotopic (exact) mass is 339 g/mol. The maximum atomic E-state index is 12.3. The lowest BCUT2D eigenvalue weighted by Gasteiger charge is -2.32. The fourth-order valence-corrected chi connectivity index (χ4v) is 3.37. The smallest absolute Gasteiger partial charge is 0.307 e. The molecule has 2 heterocycles. The van der Waals surface area contributed by atoms with Crippen LogP contribution in [0.1, 0.15) is 36.4 Å². The van der Waals surface area contributed by atoms with E-state index >= 15 is 0 Å². The van der Waals surface area contributed by atoms with Crippen LogP contribution in [0.25, 0.3) is 11.3 Å². The topological polar surface area (TPSA) is 75.4 Å². The number of hydrogen-bond donors (Lipinski definition) is 1. The maximum Gasteiger partial charge on any atom is 0.307 e. The van der Waals surface area contributed by atoms with E-state index in [9.17, 15) is 9.59 Å². The molecule has 6 heteroatoms. The molecule has 0 bridgehead atoms. The Labute approximate surface area is 146 Å². The van der Waals surface area contributed by atoms with Crippen molar-refractivity contribution in [1.29, 1.82) is 0 Å². The molecule has 1 aliphatic carbocycles. The molecule has 130 valence electrons. The minimum atomic E-state index is -0.466. The van der Waals surface area contributed by atoms with Crippen molar-refractivity contribution in [1.82, 2.24) is 15.2 Å². The number of carbonyl (C=O) groups is 2. The van der Waals surface area contributed by atoms with Crippen molar-refractivity contribution < 1.29 is 14.0 Å². The first-order chi connectivity index (χ1) is 12.2. The lowest BCUT2D eigenvalue weighted by molar-refractivity contribution is -0.131. The zero-order chi connectivity index (χ0) is 17.3. The van der Waals surface area contributed by atoms with Gasteiger partial charge in [-0.25, -0.2) is 4.98 Å². The van der Waals surface area contributed by atoms with Gasteiger partial charge in [0, 0.05) is 18.7 Å². The van der Waals surface area contributed by atoms with Crippen LogP contribution in [-0.4, -0.2) is 41.3 Å². The summed E-state index contributed by atoms with van der Waals surface area (Å²) in [5, 5.41) is 2.61. The highest BCUT2D eigenvalue weighted by Crippen LogP contribution is 2.53. The highest BCUT2D eigenvalue weighted by atomic mass is 16.4. The van der Waals surface area contributed by atoms with Gasteiger partial charge in [-0.1, -0.05) is 30.3 Å². The number of hydrogen-bond acceptors (Lipinski definition) is 4. The van der Waals surface area contributed by atoms with Crippen LogP contribution in [-0.2, 0) is 4.79 Å². The molecule has 2 amide bonds. The van der Waals surface area contributed by atoms with Gasteiger partial charge in [-0.2, -0.15) is 0 Å². The van der Waals surface area contributed by atoms with Crippen LogP contribution in [0.15, 0.2) is 40.9 Å². The van der Waals surface area contributed by atoms with Gasteiger partial charge in [-0.3, -0.25) is 9.59 Å². The second-order valence-corrected chi connectivity index (χ2v) is 6.96. The standard InChI is InChI=1S/C19H21N3O3/c23-16(22-10-8-19(6-7-19)9-11-22)13-20-17(24)18-21-12-15(25-18)14-4-2-1-3-5-14/h1-5,12H,6-11,13H2,(H,20,24). The molecule has 4 rings (SSSR count). The van der Waals surface area contributed by atoms with Gasteiger partial charge in [0.2, 0.25) is 5.91 Å². The van der Waals surface area contributed by atoms with E-state index < -0.39 is 5.91 Å². The van der Waals surface area contributed by atoms with Crippen molar-refractivity contribution >= 4 is 11.8 Å². The SMILES string of the molecule is O=C(NCC(=O)N1CCC2(CC1)CC2)c1ncc(-c2ccccc2)o1. The number of aromatic nitrogens is 1. The molecule has 2 aliphatic rings. The number of carbonyl (C=O) groups excluding carboxylic acids is 2. The third-order valence-electron chi connectivity index (χ3n) is 5.29. The first-order valence-electron chi connectivity index (χ1n) is 8.73. The molecule has 6 nitrogen and oxygen atoms in total. The Morgan fingerprint density at radius 1 is 1.12 bits per heavy atom. The van der Waals surface area contributed by atoms with E-state index in [0.29, 0.717) is 11.2 Å². The van der Waals surface area contributed by atoms with Crippen LogP contribution in [0.3, 0.4) is 0 Å². The lowest BCUT2D eigenvalue weighted by atomic mass is 9.94. The molecule has 1 aromatic heterocycles. The Balaban J connectivity index is 1.30. The van der Waals surface area contributed by atoms with E-state index in [-0.39, 0.29) is 18.3 Å². The van der Waals surface area contributed by atoms with Crippen molar-refractivity contribution in [2.45, 2.75) is 25.7 Å². The summed E-state index contributed by atoms with van der Waals surface area (Å²) in [5.74, 6) is -0.00467. The Morgan fingerprint density at radius 2 is 1.84 bits per heavy atom. The number of nitrogens with one attached hydrogen (secondary N) is 1. The van der Waals surface area contributed by atoms with Gasteiger partial charge in [0.05, 0.1) is 12.7 Å². The number of amides is 2. The van der Waals surface area contributed by atoms with Gasteiger partial charge >= 0.3 is 5.91 Å². The second kappa shape index (κ2) is 6.35. The van der Waals surface area contributed by atoms with Crippen LogP contribution >= 0.6 is 0 Å².